The fourth-order valence-electron chi connectivity index (χ4n) is 9.23. The molecule has 0 radical (unpaired) electrons. The van der Waals surface area contributed by atoms with Gasteiger partial charge in [-0.1, -0.05) is 43.2 Å². The van der Waals surface area contributed by atoms with Gasteiger partial charge in [-0.05, 0) is 110 Å². The van der Waals surface area contributed by atoms with Gasteiger partial charge in [0.05, 0.1) is 21.6 Å². The molecule has 5 aromatic rings. The summed E-state index contributed by atoms with van der Waals surface area (Å²) in [5.41, 5.74) is 5.43. The first-order valence-corrected chi connectivity index (χ1v) is 25.9. The molecule has 2 saturated heterocycles. The van der Waals surface area contributed by atoms with Crippen molar-refractivity contribution >= 4 is 71.3 Å². The topological polar surface area (TPSA) is 195 Å². The number of sulfonamides is 1. The summed E-state index contributed by atoms with van der Waals surface area (Å²) in [4.78, 5) is 37.4. The van der Waals surface area contributed by atoms with Gasteiger partial charge in [0.15, 0.2) is 0 Å². The van der Waals surface area contributed by atoms with Gasteiger partial charge in [0.25, 0.3) is 21.6 Å². The monoisotopic (exact) mass is 944 g/mol. The maximum absolute atomic E-state index is 14.0. The summed E-state index contributed by atoms with van der Waals surface area (Å²) in [7, 11) is -5.24. The van der Waals surface area contributed by atoms with Crippen LogP contribution in [0.15, 0.2) is 100 Å². The van der Waals surface area contributed by atoms with Crippen molar-refractivity contribution in [3.05, 3.63) is 117 Å². The van der Waals surface area contributed by atoms with Crippen molar-refractivity contribution in [1.82, 2.24) is 19.6 Å². The van der Waals surface area contributed by atoms with E-state index in [1.807, 2.05) is 25.1 Å². The number of hydrogen-bond donors (Lipinski definition) is 5. The van der Waals surface area contributed by atoms with E-state index in [0.717, 1.165) is 61.1 Å². The second-order valence-electron chi connectivity index (χ2n) is 18.2. The van der Waals surface area contributed by atoms with Crippen LogP contribution in [-0.2, 0) is 20.1 Å². The average Bonchev–Trinajstić information content (AvgIpc) is 3.76. The zero-order chi connectivity index (χ0) is 46.1. The maximum Gasteiger partial charge on any atom is 0.293 e. The lowest BCUT2D eigenvalue weighted by Crippen LogP contribution is -2.47. The number of piperazine rings is 1. The Morgan fingerprint density at radius 3 is 2.52 bits per heavy atom. The van der Waals surface area contributed by atoms with E-state index < -0.39 is 41.5 Å². The number of halogens is 1. The van der Waals surface area contributed by atoms with Gasteiger partial charge in [0.2, 0.25) is 0 Å². The predicted octanol–water partition coefficient (Wildman–Crippen LogP) is 9.20. The molecule has 2 aromatic heterocycles. The van der Waals surface area contributed by atoms with Crippen LogP contribution in [0.3, 0.4) is 0 Å². The number of anilines is 2. The van der Waals surface area contributed by atoms with E-state index >= 15 is 0 Å². The average molecular weight is 946 g/mol. The first kappa shape index (κ1) is 46.2. The summed E-state index contributed by atoms with van der Waals surface area (Å²) in [6.45, 7) is 10.5. The van der Waals surface area contributed by atoms with E-state index in [1.165, 1.54) is 41.1 Å². The number of nitro benzene ring substituents is 1. The molecule has 4 heterocycles. The zero-order valence-corrected chi connectivity index (χ0v) is 39.6. The SMILES string of the molecule is CN=[SH]1(O)CCC(C(C)Nc2ccc(S(=O)(=O)NC(=O)c3ccc(N4CCN(CC5=C(c6ccc(Cl)cc6)CC(C)(C)CC5)CC4)cc3Oc3cnc4[nH]ccc4c3)cc2[N+](=O)[O-])CC1. The quantitative estimate of drug-likeness (QED) is 0.0429. The number of aromatic nitrogens is 2. The predicted molar refractivity (Wildman–Crippen MR) is 260 cm³/mol. The summed E-state index contributed by atoms with van der Waals surface area (Å²) in [5, 5.41) is 17.0. The number of hydrogen-bond acceptors (Lipinski definition) is 11. The van der Waals surface area contributed by atoms with E-state index in [-0.39, 0.29) is 34.4 Å². The lowest BCUT2D eigenvalue weighted by molar-refractivity contribution is -0.384. The van der Waals surface area contributed by atoms with Crippen LogP contribution in [0.25, 0.3) is 16.6 Å². The number of amides is 1. The molecule has 2 fully saturated rings. The Bertz CT molecular complexity index is 2790. The second kappa shape index (κ2) is 18.9. The number of nitro groups is 1. The first-order chi connectivity index (χ1) is 31.0. The Kier molecular flexibility index (Phi) is 13.4. The number of allylic oxidation sites excluding steroid dienone is 1. The van der Waals surface area contributed by atoms with Gasteiger partial charge in [-0.3, -0.25) is 24.2 Å². The summed E-state index contributed by atoms with van der Waals surface area (Å²) >= 11 is 6.25. The standard InChI is InChI=1S/C47H57ClN8O7S2/c1-31(32-15-23-64(60,49-4)24-16-32)52-42-12-10-39(27-43(42)56(58)59)65(61,62)53-46(57)40-11-9-37(26-44(40)63-38-25-34-14-18-50-45(34)51-29-38)55-21-19-54(20-22-55)30-35-13-17-47(2,3)28-41(35)33-5-7-36(48)8-6-33/h5-12,14,18,25-27,29,31-32,52,64H,13,15-17,19-24,28,30H2,1-4H3,(H,49,60)(H,50,51)(H,53,57). The number of carbonyl (C=O) groups excluding carboxylic acids is 1. The van der Waals surface area contributed by atoms with E-state index in [2.05, 4.69) is 60.1 Å². The van der Waals surface area contributed by atoms with Crippen molar-refractivity contribution in [1.29, 1.82) is 0 Å². The van der Waals surface area contributed by atoms with Crippen LogP contribution < -0.4 is 19.7 Å². The number of benzene rings is 3. The Labute approximate surface area is 386 Å². The van der Waals surface area contributed by atoms with Crippen LogP contribution in [0.2, 0.25) is 5.02 Å². The number of nitrogens with one attached hydrogen (secondary N) is 3. The van der Waals surface area contributed by atoms with Crippen LogP contribution in [0.1, 0.15) is 68.8 Å². The minimum atomic E-state index is -4.60. The van der Waals surface area contributed by atoms with Crippen molar-refractivity contribution in [3.63, 3.8) is 0 Å². The molecule has 1 atom stereocenters. The molecule has 3 aliphatic rings. The summed E-state index contributed by atoms with van der Waals surface area (Å²) < 4.78 is 50.9. The fraction of sp³-hybridized carbons (Fsp3) is 0.404. The highest BCUT2D eigenvalue weighted by molar-refractivity contribution is 7.99. The highest BCUT2D eigenvalue weighted by Gasteiger charge is 2.32. The van der Waals surface area contributed by atoms with Crippen LogP contribution in [0.4, 0.5) is 17.1 Å². The molecular weight excluding hydrogens is 888 g/mol. The van der Waals surface area contributed by atoms with Crippen molar-refractivity contribution in [3.8, 4) is 11.5 Å². The summed E-state index contributed by atoms with van der Waals surface area (Å²) in [6.07, 6.45) is 7.89. The van der Waals surface area contributed by atoms with E-state index in [0.29, 0.717) is 48.8 Å². The number of fused-ring (bicyclic) bond motifs is 1. The number of aromatic amines is 1. The van der Waals surface area contributed by atoms with Gasteiger partial charge in [-0.15, -0.1) is 10.1 Å². The van der Waals surface area contributed by atoms with Crippen molar-refractivity contribution in [2.45, 2.75) is 63.8 Å². The molecule has 346 valence electrons. The molecule has 18 heteroatoms. The Morgan fingerprint density at radius 2 is 1.82 bits per heavy atom. The molecule has 1 aliphatic carbocycles. The van der Waals surface area contributed by atoms with E-state index in [4.69, 9.17) is 16.3 Å². The molecule has 65 heavy (non-hydrogen) atoms. The highest BCUT2D eigenvalue weighted by Crippen LogP contribution is 2.44. The van der Waals surface area contributed by atoms with Crippen molar-refractivity contribution < 1.29 is 27.4 Å². The van der Waals surface area contributed by atoms with E-state index in [9.17, 15) is 27.9 Å². The van der Waals surface area contributed by atoms with Gasteiger partial charge >= 0.3 is 0 Å². The van der Waals surface area contributed by atoms with Gasteiger partial charge in [0, 0.05) is 91.7 Å². The number of ether oxygens (including phenoxy) is 1. The lowest BCUT2D eigenvalue weighted by atomic mass is 9.72. The molecule has 1 unspecified atom stereocenters. The molecule has 1 amide bonds. The highest BCUT2D eigenvalue weighted by atomic mass is 35.5. The fourth-order valence-corrected chi connectivity index (χ4v) is 12.5. The van der Waals surface area contributed by atoms with Gasteiger partial charge in [-0.2, -0.15) is 0 Å². The number of nitrogens with zero attached hydrogens (tertiary/aromatic N) is 5. The Morgan fingerprint density at radius 1 is 1.08 bits per heavy atom. The summed E-state index contributed by atoms with van der Waals surface area (Å²) in [6, 6.07) is 20.2. The number of thiol groups is 1. The molecule has 2 aliphatic heterocycles. The van der Waals surface area contributed by atoms with Gasteiger partial charge in [0.1, 0.15) is 22.8 Å². The van der Waals surface area contributed by atoms with Crippen molar-refractivity contribution in [2.75, 3.05) is 61.5 Å². The summed E-state index contributed by atoms with van der Waals surface area (Å²) in [5.74, 6) is 0.818. The third-order valence-electron chi connectivity index (χ3n) is 13.2. The van der Waals surface area contributed by atoms with Gasteiger partial charge < -0.3 is 24.5 Å². The van der Waals surface area contributed by atoms with Crippen molar-refractivity contribution in [2.24, 2.45) is 15.7 Å². The van der Waals surface area contributed by atoms with E-state index in [1.54, 1.807) is 31.4 Å². The number of rotatable bonds is 13. The lowest BCUT2D eigenvalue weighted by Gasteiger charge is -2.39. The van der Waals surface area contributed by atoms with Crippen LogP contribution in [0, 0.1) is 21.4 Å². The molecule has 3 aromatic carbocycles. The molecule has 0 saturated carbocycles. The Hall–Kier alpha value is -5.33. The molecule has 4 N–H and O–H groups in total. The first-order valence-electron chi connectivity index (χ1n) is 22.0. The maximum atomic E-state index is 14.0. The van der Waals surface area contributed by atoms with Crippen LogP contribution >= 0.6 is 11.6 Å². The molecule has 0 bridgehead atoms. The number of carbonyl (C=O) groups is 1. The van der Waals surface area contributed by atoms with Gasteiger partial charge in [-0.25, -0.2) is 18.1 Å². The minimum Gasteiger partial charge on any atom is -0.455 e. The third-order valence-corrected chi connectivity index (χ3v) is 17.5. The number of H-pyrrole nitrogens is 1. The largest absolute Gasteiger partial charge is 0.455 e. The molecule has 8 rings (SSSR count). The Balaban J connectivity index is 0.997. The van der Waals surface area contributed by atoms with Crippen LogP contribution in [0.5, 0.6) is 11.5 Å². The zero-order valence-electron chi connectivity index (χ0n) is 37.1. The second-order valence-corrected chi connectivity index (χ2v) is 23.4. The number of pyridine rings is 1. The molecular formula is C47H57ClN8O7S2. The van der Waals surface area contributed by atoms with Crippen LogP contribution in [-0.4, -0.2) is 96.0 Å². The minimum absolute atomic E-state index is 0.0497. The smallest absolute Gasteiger partial charge is 0.293 e. The molecule has 0 spiro atoms. The normalized spacial score (nSPS) is 19.9. The molecule has 15 nitrogen and oxygen atoms in total. The third kappa shape index (κ3) is 10.7.